The molecule has 0 aromatic carbocycles. The Morgan fingerprint density at radius 1 is 1.41 bits per heavy atom. The molecule has 0 amide bonds. The monoisotopic (exact) mass is 263 g/mol. The van der Waals surface area contributed by atoms with Gasteiger partial charge in [-0.25, -0.2) is 13.1 Å². The molecular formula is C12H25NO3S. The Hall–Kier alpha value is -0.130. The first-order valence-electron chi connectivity index (χ1n) is 6.53. The summed E-state index contributed by atoms with van der Waals surface area (Å²) in [5.74, 6) is 0.830. The van der Waals surface area contributed by atoms with Gasteiger partial charge in [-0.2, -0.15) is 0 Å². The summed E-state index contributed by atoms with van der Waals surface area (Å²) in [5.41, 5.74) is -0.507. The third kappa shape index (κ3) is 4.94. The van der Waals surface area contributed by atoms with Crippen molar-refractivity contribution >= 4 is 10.0 Å². The highest BCUT2D eigenvalue weighted by Gasteiger charge is 2.28. The molecule has 1 rings (SSSR count). The lowest BCUT2D eigenvalue weighted by molar-refractivity contribution is 0.233. The predicted octanol–water partition coefficient (Wildman–Crippen LogP) is 1.65. The number of hydrogen-bond donors (Lipinski definition) is 2. The second-order valence-electron chi connectivity index (χ2n) is 5.39. The normalized spacial score (nSPS) is 20.9. The maximum Gasteiger partial charge on any atom is 0.212 e. The van der Waals surface area contributed by atoms with Gasteiger partial charge in [0.1, 0.15) is 0 Å². The lowest BCUT2D eigenvalue weighted by Gasteiger charge is -2.30. The standard InChI is InChI=1S/C12H25NO3S/c1-3-12(2,8-9-14)13-17(15,16)10-7-11-5-4-6-11/h11,13-14H,3-10H2,1-2H3. The van der Waals surface area contributed by atoms with Crippen molar-refractivity contribution in [2.24, 2.45) is 5.92 Å². The number of hydrogen-bond acceptors (Lipinski definition) is 3. The van der Waals surface area contributed by atoms with Crippen LogP contribution in [0, 0.1) is 5.92 Å². The van der Waals surface area contributed by atoms with Crippen LogP contribution >= 0.6 is 0 Å². The summed E-state index contributed by atoms with van der Waals surface area (Å²) in [4.78, 5) is 0. The molecule has 0 bridgehead atoms. The summed E-state index contributed by atoms with van der Waals surface area (Å²) in [6.45, 7) is 3.80. The van der Waals surface area contributed by atoms with E-state index < -0.39 is 15.6 Å². The van der Waals surface area contributed by atoms with Crippen LogP contribution in [0.25, 0.3) is 0 Å². The average Bonchev–Trinajstić information content (AvgIpc) is 2.14. The summed E-state index contributed by atoms with van der Waals surface area (Å²) in [5, 5.41) is 8.96. The zero-order chi connectivity index (χ0) is 12.9. The van der Waals surface area contributed by atoms with Gasteiger partial charge >= 0.3 is 0 Å². The van der Waals surface area contributed by atoms with Crippen molar-refractivity contribution in [3.8, 4) is 0 Å². The van der Waals surface area contributed by atoms with Gasteiger partial charge in [0.05, 0.1) is 5.75 Å². The fourth-order valence-corrected chi connectivity index (χ4v) is 3.82. The van der Waals surface area contributed by atoms with Gasteiger partial charge in [-0.15, -0.1) is 0 Å². The van der Waals surface area contributed by atoms with E-state index in [1.807, 2.05) is 13.8 Å². The molecule has 0 spiro atoms. The van der Waals surface area contributed by atoms with Gasteiger partial charge in [0.2, 0.25) is 10.0 Å². The molecule has 0 aromatic rings. The molecule has 0 aliphatic heterocycles. The van der Waals surface area contributed by atoms with Gasteiger partial charge in [0.15, 0.2) is 0 Å². The molecule has 1 saturated carbocycles. The highest BCUT2D eigenvalue weighted by atomic mass is 32.2. The average molecular weight is 263 g/mol. The minimum Gasteiger partial charge on any atom is -0.396 e. The summed E-state index contributed by atoms with van der Waals surface area (Å²) < 4.78 is 26.6. The van der Waals surface area contributed by atoms with Crippen molar-refractivity contribution in [3.05, 3.63) is 0 Å². The van der Waals surface area contributed by atoms with Gasteiger partial charge < -0.3 is 5.11 Å². The molecule has 2 N–H and O–H groups in total. The van der Waals surface area contributed by atoms with Crippen molar-refractivity contribution in [2.45, 2.75) is 57.9 Å². The number of nitrogens with one attached hydrogen (secondary N) is 1. The molecule has 0 heterocycles. The molecule has 1 atom stereocenters. The van der Waals surface area contributed by atoms with E-state index in [0.29, 0.717) is 18.8 Å². The van der Waals surface area contributed by atoms with Gasteiger partial charge in [-0.3, -0.25) is 0 Å². The van der Waals surface area contributed by atoms with Crippen molar-refractivity contribution < 1.29 is 13.5 Å². The van der Waals surface area contributed by atoms with Crippen LogP contribution in [0.3, 0.4) is 0 Å². The molecule has 4 nitrogen and oxygen atoms in total. The van der Waals surface area contributed by atoms with E-state index in [9.17, 15) is 8.42 Å². The molecule has 0 aromatic heterocycles. The zero-order valence-electron chi connectivity index (χ0n) is 10.9. The smallest absolute Gasteiger partial charge is 0.212 e. The fourth-order valence-electron chi connectivity index (χ4n) is 2.08. The third-order valence-corrected chi connectivity index (χ3v) is 5.44. The lowest BCUT2D eigenvalue weighted by Crippen LogP contribution is -2.47. The van der Waals surface area contributed by atoms with Gasteiger partial charge in [-0.05, 0) is 32.1 Å². The molecule has 0 radical (unpaired) electrons. The van der Waals surface area contributed by atoms with Gasteiger partial charge in [0, 0.05) is 12.1 Å². The molecule has 1 aliphatic carbocycles. The Labute approximate surface area is 105 Å². The molecule has 5 heteroatoms. The molecule has 1 fully saturated rings. The van der Waals surface area contributed by atoms with Gasteiger partial charge in [-0.1, -0.05) is 26.2 Å². The first-order chi connectivity index (χ1) is 7.91. The second kappa shape index (κ2) is 6.16. The summed E-state index contributed by atoms with van der Waals surface area (Å²) >= 11 is 0. The number of sulfonamides is 1. The topological polar surface area (TPSA) is 66.4 Å². The van der Waals surface area contributed by atoms with Crippen LogP contribution in [0.15, 0.2) is 0 Å². The van der Waals surface area contributed by atoms with Crippen molar-refractivity contribution in [3.63, 3.8) is 0 Å². The van der Waals surface area contributed by atoms with Crippen LogP contribution in [0.5, 0.6) is 0 Å². The minimum absolute atomic E-state index is 0.00941. The number of aliphatic hydroxyl groups is 1. The van der Waals surface area contributed by atoms with Crippen molar-refractivity contribution in [2.75, 3.05) is 12.4 Å². The highest BCUT2D eigenvalue weighted by molar-refractivity contribution is 7.89. The molecule has 1 unspecified atom stereocenters. The molecule has 102 valence electrons. The molecule has 1 aliphatic rings. The van der Waals surface area contributed by atoms with Crippen LogP contribution in [0.2, 0.25) is 0 Å². The first kappa shape index (κ1) is 14.9. The largest absolute Gasteiger partial charge is 0.396 e. The van der Waals surface area contributed by atoms with E-state index in [-0.39, 0.29) is 12.4 Å². The minimum atomic E-state index is -3.21. The van der Waals surface area contributed by atoms with E-state index >= 15 is 0 Å². The Kier molecular flexibility index (Phi) is 5.41. The summed E-state index contributed by atoms with van der Waals surface area (Å²) in [7, 11) is -3.21. The van der Waals surface area contributed by atoms with E-state index in [4.69, 9.17) is 5.11 Å². The van der Waals surface area contributed by atoms with Crippen molar-refractivity contribution in [1.29, 1.82) is 0 Å². The maximum atomic E-state index is 11.9. The van der Waals surface area contributed by atoms with E-state index in [1.54, 1.807) is 0 Å². The predicted molar refractivity (Wildman–Crippen MR) is 69.3 cm³/mol. The van der Waals surface area contributed by atoms with E-state index in [1.165, 1.54) is 19.3 Å². The molecular weight excluding hydrogens is 238 g/mol. The molecule has 17 heavy (non-hydrogen) atoms. The Balaban J connectivity index is 2.45. The van der Waals surface area contributed by atoms with E-state index in [0.717, 1.165) is 6.42 Å². The Morgan fingerprint density at radius 2 is 2.06 bits per heavy atom. The van der Waals surface area contributed by atoms with Crippen LogP contribution in [0.4, 0.5) is 0 Å². The molecule has 0 saturated heterocycles. The van der Waals surface area contributed by atoms with E-state index in [2.05, 4.69) is 4.72 Å². The fraction of sp³-hybridized carbons (Fsp3) is 1.00. The van der Waals surface area contributed by atoms with Crippen LogP contribution in [-0.2, 0) is 10.0 Å². The van der Waals surface area contributed by atoms with Crippen LogP contribution in [-0.4, -0.2) is 31.4 Å². The maximum absolute atomic E-state index is 11.9. The summed E-state index contributed by atoms with van der Waals surface area (Å²) in [6, 6.07) is 0. The number of aliphatic hydroxyl groups excluding tert-OH is 1. The quantitative estimate of drug-likeness (QED) is 0.699. The zero-order valence-corrected chi connectivity index (χ0v) is 11.7. The second-order valence-corrected chi connectivity index (χ2v) is 7.24. The SMILES string of the molecule is CCC(C)(CCO)NS(=O)(=O)CCC1CCC1. The highest BCUT2D eigenvalue weighted by Crippen LogP contribution is 2.29. The van der Waals surface area contributed by atoms with Crippen molar-refractivity contribution in [1.82, 2.24) is 4.72 Å². The Morgan fingerprint density at radius 3 is 2.47 bits per heavy atom. The lowest BCUT2D eigenvalue weighted by atomic mass is 9.84. The first-order valence-corrected chi connectivity index (χ1v) is 8.18. The van der Waals surface area contributed by atoms with Crippen LogP contribution < -0.4 is 4.72 Å². The van der Waals surface area contributed by atoms with Gasteiger partial charge in [0.25, 0.3) is 0 Å². The summed E-state index contributed by atoms with van der Waals surface area (Å²) in [6.07, 6.45) is 5.53. The van der Waals surface area contributed by atoms with Crippen LogP contribution in [0.1, 0.15) is 52.4 Å². The third-order valence-electron chi connectivity index (χ3n) is 3.87. The Bertz CT molecular complexity index is 325. The number of rotatable bonds is 8.